The second-order valence-electron chi connectivity index (χ2n) is 7.69. The largest absolute Gasteiger partial charge is 0.290 e. The summed E-state index contributed by atoms with van der Waals surface area (Å²) >= 11 is 0. The molecule has 1 saturated carbocycles. The highest BCUT2D eigenvalue weighted by Gasteiger charge is 2.18. The van der Waals surface area contributed by atoms with Gasteiger partial charge in [-0.1, -0.05) is 31.4 Å². The summed E-state index contributed by atoms with van der Waals surface area (Å²) in [7, 11) is 0. The number of rotatable bonds is 3. The van der Waals surface area contributed by atoms with Crippen molar-refractivity contribution in [3.05, 3.63) is 74.7 Å². The van der Waals surface area contributed by atoms with E-state index < -0.39 is 4.92 Å². The molecule has 0 atom stereocenters. The van der Waals surface area contributed by atoms with Gasteiger partial charge in [0.1, 0.15) is 0 Å². The number of aromatic nitrogens is 3. The summed E-state index contributed by atoms with van der Waals surface area (Å²) in [6.45, 7) is 0. The standard InChI is InChI=1S/C22H20N4O3/c27-22-19-13-23-20-10-9-15(14-5-2-1-3-6-14)11-18(20)21(19)24-25(22)16-7-4-8-17(12-16)26(28)29/h4,7-14,24H,1-3,5-6H2. The number of aromatic amines is 1. The summed E-state index contributed by atoms with van der Waals surface area (Å²) in [6, 6.07) is 12.4. The molecular formula is C22H20N4O3. The Kier molecular flexibility index (Phi) is 4.16. The maximum atomic E-state index is 13.0. The molecule has 0 spiro atoms. The van der Waals surface area contributed by atoms with Gasteiger partial charge in [-0.2, -0.15) is 0 Å². The minimum absolute atomic E-state index is 0.0596. The molecule has 1 aliphatic carbocycles. The summed E-state index contributed by atoms with van der Waals surface area (Å²) in [6.07, 6.45) is 7.77. The van der Waals surface area contributed by atoms with Crippen LogP contribution in [0.1, 0.15) is 43.6 Å². The number of hydrogen-bond donors (Lipinski definition) is 1. The number of pyridine rings is 1. The van der Waals surface area contributed by atoms with Gasteiger partial charge >= 0.3 is 0 Å². The Morgan fingerprint density at radius 2 is 1.90 bits per heavy atom. The fourth-order valence-electron chi connectivity index (χ4n) is 4.39. The van der Waals surface area contributed by atoms with Gasteiger partial charge in [-0.3, -0.25) is 25.0 Å². The number of H-pyrrole nitrogens is 1. The van der Waals surface area contributed by atoms with E-state index in [1.54, 1.807) is 18.3 Å². The Labute approximate surface area is 166 Å². The molecule has 4 aromatic rings. The highest BCUT2D eigenvalue weighted by molar-refractivity contribution is 6.03. The van der Waals surface area contributed by atoms with Gasteiger partial charge in [0.2, 0.25) is 0 Å². The summed E-state index contributed by atoms with van der Waals surface area (Å²) in [5.41, 5.74) is 2.93. The van der Waals surface area contributed by atoms with Crippen LogP contribution in [0, 0.1) is 10.1 Å². The molecule has 0 aliphatic heterocycles. The zero-order chi connectivity index (χ0) is 20.0. The van der Waals surface area contributed by atoms with Crippen LogP contribution in [0.5, 0.6) is 0 Å². The molecule has 0 radical (unpaired) electrons. The highest BCUT2D eigenvalue weighted by atomic mass is 16.6. The number of benzene rings is 2. The van der Waals surface area contributed by atoms with Crippen molar-refractivity contribution in [2.45, 2.75) is 38.0 Å². The molecule has 7 nitrogen and oxygen atoms in total. The van der Waals surface area contributed by atoms with Crippen LogP contribution in [0.15, 0.2) is 53.5 Å². The number of fused-ring (bicyclic) bond motifs is 3. The van der Waals surface area contributed by atoms with E-state index in [0.717, 1.165) is 10.9 Å². The van der Waals surface area contributed by atoms with Crippen molar-refractivity contribution in [1.82, 2.24) is 14.8 Å². The Bertz CT molecular complexity index is 1300. The maximum absolute atomic E-state index is 13.0. The number of non-ortho nitro benzene ring substituents is 1. The topological polar surface area (TPSA) is 93.8 Å². The van der Waals surface area contributed by atoms with E-state index in [1.807, 2.05) is 6.07 Å². The third-order valence-electron chi connectivity index (χ3n) is 5.92. The number of nitro groups is 1. The van der Waals surface area contributed by atoms with Crippen LogP contribution in [0.3, 0.4) is 0 Å². The predicted molar refractivity (Wildman–Crippen MR) is 112 cm³/mol. The molecule has 5 rings (SSSR count). The lowest BCUT2D eigenvalue weighted by atomic mass is 9.83. The zero-order valence-electron chi connectivity index (χ0n) is 15.8. The van der Waals surface area contributed by atoms with Gasteiger partial charge in [0.15, 0.2) is 0 Å². The van der Waals surface area contributed by atoms with E-state index in [0.29, 0.717) is 22.5 Å². The van der Waals surface area contributed by atoms with Crippen molar-refractivity contribution < 1.29 is 4.92 Å². The van der Waals surface area contributed by atoms with Crippen LogP contribution in [0.2, 0.25) is 0 Å². The lowest BCUT2D eigenvalue weighted by Gasteiger charge is -2.22. The first kappa shape index (κ1) is 17.6. The lowest BCUT2D eigenvalue weighted by molar-refractivity contribution is -0.384. The van der Waals surface area contributed by atoms with Gasteiger partial charge < -0.3 is 0 Å². The van der Waals surface area contributed by atoms with E-state index >= 15 is 0 Å². The summed E-state index contributed by atoms with van der Waals surface area (Å²) in [5, 5.41) is 15.6. The molecule has 0 amide bonds. The molecule has 29 heavy (non-hydrogen) atoms. The van der Waals surface area contributed by atoms with Gasteiger partial charge in [-0.15, -0.1) is 0 Å². The van der Waals surface area contributed by atoms with Crippen molar-refractivity contribution in [2.75, 3.05) is 0 Å². The maximum Gasteiger partial charge on any atom is 0.280 e. The highest BCUT2D eigenvalue weighted by Crippen LogP contribution is 2.34. The summed E-state index contributed by atoms with van der Waals surface area (Å²) < 4.78 is 1.35. The molecule has 2 aromatic heterocycles. The van der Waals surface area contributed by atoms with E-state index in [-0.39, 0.29) is 11.2 Å². The second kappa shape index (κ2) is 6.84. The Hall–Kier alpha value is -3.48. The predicted octanol–water partition coefficient (Wildman–Crippen LogP) is 4.82. The monoisotopic (exact) mass is 388 g/mol. The number of nitro benzene ring substituents is 1. The minimum atomic E-state index is -0.468. The van der Waals surface area contributed by atoms with Crippen molar-refractivity contribution in [3.8, 4) is 5.69 Å². The van der Waals surface area contributed by atoms with E-state index in [4.69, 9.17) is 0 Å². The molecular weight excluding hydrogens is 368 g/mol. The SMILES string of the molecule is O=c1c2cnc3ccc(C4CCCCC4)cc3c2[nH]n1-c1cccc([N+](=O)[O-])c1. The van der Waals surface area contributed by atoms with Crippen molar-refractivity contribution in [3.63, 3.8) is 0 Å². The number of hydrogen-bond acceptors (Lipinski definition) is 4. The molecule has 2 heterocycles. The van der Waals surface area contributed by atoms with Gasteiger partial charge in [-0.05, 0) is 42.5 Å². The summed E-state index contributed by atoms with van der Waals surface area (Å²) in [4.78, 5) is 28.1. The molecule has 146 valence electrons. The first-order valence-electron chi connectivity index (χ1n) is 9.90. The average molecular weight is 388 g/mol. The Morgan fingerprint density at radius 3 is 2.69 bits per heavy atom. The smallest absolute Gasteiger partial charge is 0.280 e. The van der Waals surface area contributed by atoms with Crippen LogP contribution >= 0.6 is 0 Å². The van der Waals surface area contributed by atoms with Gasteiger partial charge in [0.25, 0.3) is 11.2 Å². The molecule has 0 bridgehead atoms. The van der Waals surface area contributed by atoms with E-state index in [9.17, 15) is 14.9 Å². The van der Waals surface area contributed by atoms with Crippen LogP contribution < -0.4 is 5.56 Å². The number of nitrogens with zero attached hydrogens (tertiary/aromatic N) is 3. The van der Waals surface area contributed by atoms with Crippen LogP contribution in [0.25, 0.3) is 27.5 Å². The molecule has 1 N–H and O–H groups in total. The molecule has 0 saturated heterocycles. The van der Waals surface area contributed by atoms with Crippen molar-refractivity contribution >= 4 is 27.5 Å². The zero-order valence-corrected chi connectivity index (χ0v) is 15.8. The van der Waals surface area contributed by atoms with Gasteiger partial charge in [0.05, 0.1) is 27.0 Å². The lowest BCUT2D eigenvalue weighted by Crippen LogP contribution is -2.14. The first-order chi connectivity index (χ1) is 14.1. The third-order valence-corrected chi connectivity index (χ3v) is 5.92. The molecule has 1 fully saturated rings. The van der Waals surface area contributed by atoms with Crippen LogP contribution in [-0.4, -0.2) is 19.7 Å². The number of nitrogens with one attached hydrogen (secondary N) is 1. The van der Waals surface area contributed by atoms with E-state index in [1.165, 1.54) is 54.5 Å². The fraction of sp³-hybridized carbons (Fsp3) is 0.273. The summed E-state index contributed by atoms with van der Waals surface area (Å²) in [5.74, 6) is 0.550. The third kappa shape index (κ3) is 2.99. The minimum Gasteiger partial charge on any atom is -0.290 e. The van der Waals surface area contributed by atoms with Gasteiger partial charge in [-0.25, -0.2) is 4.68 Å². The normalized spacial score (nSPS) is 15.2. The van der Waals surface area contributed by atoms with Crippen LogP contribution in [0.4, 0.5) is 5.69 Å². The second-order valence-corrected chi connectivity index (χ2v) is 7.69. The van der Waals surface area contributed by atoms with E-state index in [2.05, 4.69) is 22.2 Å². The molecule has 2 aromatic carbocycles. The molecule has 7 heteroatoms. The quantitative estimate of drug-likeness (QED) is 0.402. The van der Waals surface area contributed by atoms with Crippen molar-refractivity contribution in [1.29, 1.82) is 0 Å². The first-order valence-corrected chi connectivity index (χ1v) is 9.90. The molecule has 0 unspecified atom stereocenters. The Balaban J connectivity index is 1.69. The average Bonchev–Trinajstić information content (AvgIpc) is 3.11. The fourth-order valence-corrected chi connectivity index (χ4v) is 4.39. The van der Waals surface area contributed by atoms with Crippen molar-refractivity contribution in [2.24, 2.45) is 0 Å². The molecule has 1 aliphatic rings. The van der Waals surface area contributed by atoms with Crippen LogP contribution in [-0.2, 0) is 0 Å². The Morgan fingerprint density at radius 1 is 1.07 bits per heavy atom. The van der Waals surface area contributed by atoms with Gasteiger partial charge in [0, 0.05) is 23.7 Å².